The molecule has 1 aromatic carbocycles. The number of aromatic nitrogens is 2. The van der Waals surface area contributed by atoms with Crippen molar-refractivity contribution >= 4 is 21.8 Å². The minimum absolute atomic E-state index is 0.00835. The highest BCUT2D eigenvalue weighted by atomic mass is 79.9. The number of benzene rings is 1. The second-order valence-corrected chi connectivity index (χ2v) is 5.52. The molecule has 2 rings (SSSR count). The largest absolute Gasteiger partial charge is 0.484 e. The third kappa shape index (κ3) is 5.93. The van der Waals surface area contributed by atoms with Gasteiger partial charge < -0.3 is 10.1 Å². The number of nitrogens with one attached hydrogen (secondary N) is 1. The Labute approximate surface area is 138 Å². The number of nitrogens with zero attached hydrogens (tertiary/aromatic N) is 2. The van der Waals surface area contributed by atoms with E-state index in [2.05, 4.69) is 31.1 Å². The van der Waals surface area contributed by atoms with Crippen LogP contribution in [0.1, 0.15) is 10.4 Å². The number of carbonyl (C=O) groups is 1. The van der Waals surface area contributed by atoms with E-state index < -0.39 is 18.7 Å². The molecule has 5 nitrogen and oxygen atoms in total. The summed E-state index contributed by atoms with van der Waals surface area (Å²) in [5, 5.41) is 6.70. The van der Waals surface area contributed by atoms with Gasteiger partial charge >= 0.3 is 6.18 Å². The van der Waals surface area contributed by atoms with Crippen molar-refractivity contribution < 1.29 is 22.7 Å². The van der Waals surface area contributed by atoms with Gasteiger partial charge in [-0.05, 0) is 34.1 Å². The molecule has 23 heavy (non-hydrogen) atoms. The van der Waals surface area contributed by atoms with Gasteiger partial charge in [-0.25, -0.2) is 0 Å². The van der Waals surface area contributed by atoms with Crippen LogP contribution in [0, 0.1) is 0 Å². The molecule has 9 heteroatoms. The van der Waals surface area contributed by atoms with Gasteiger partial charge in [0.2, 0.25) is 0 Å². The molecule has 124 valence electrons. The van der Waals surface area contributed by atoms with Gasteiger partial charge in [-0.2, -0.15) is 18.3 Å². The van der Waals surface area contributed by atoms with Gasteiger partial charge in [0, 0.05) is 18.3 Å². The number of rotatable bonds is 6. The Morgan fingerprint density at radius 1 is 1.39 bits per heavy atom. The van der Waals surface area contributed by atoms with Crippen LogP contribution >= 0.6 is 15.9 Å². The standard InChI is InChI=1S/C14H13BrF3N3O2/c15-11-7-20-21(8-11)5-4-19-13(22)10-2-1-3-12(6-10)23-9-14(16,17)18/h1-3,6-8H,4-5,9H2,(H,19,22). The van der Waals surface area contributed by atoms with Crippen LogP contribution in [0.3, 0.4) is 0 Å². The highest BCUT2D eigenvalue weighted by Crippen LogP contribution is 2.19. The van der Waals surface area contributed by atoms with E-state index in [0.717, 1.165) is 4.47 Å². The van der Waals surface area contributed by atoms with Crippen LogP contribution in [-0.4, -0.2) is 35.0 Å². The Kier molecular flexibility index (Phi) is 5.64. The van der Waals surface area contributed by atoms with E-state index in [-0.39, 0.29) is 11.3 Å². The molecule has 0 spiro atoms. The zero-order valence-electron chi connectivity index (χ0n) is 11.8. The topological polar surface area (TPSA) is 56.2 Å². The smallest absolute Gasteiger partial charge is 0.422 e. The lowest BCUT2D eigenvalue weighted by Crippen LogP contribution is -2.27. The molecular formula is C14H13BrF3N3O2. The van der Waals surface area contributed by atoms with Gasteiger partial charge in [0.15, 0.2) is 6.61 Å². The summed E-state index contributed by atoms with van der Waals surface area (Å²) in [6.07, 6.45) is -1.03. The molecule has 0 unspecified atom stereocenters. The normalized spacial score (nSPS) is 11.3. The molecule has 0 radical (unpaired) electrons. The fourth-order valence-electron chi connectivity index (χ4n) is 1.74. The van der Waals surface area contributed by atoms with Crippen LogP contribution in [0.15, 0.2) is 41.1 Å². The van der Waals surface area contributed by atoms with E-state index in [0.29, 0.717) is 13.1 Å². The number of halogens is 4. The number of alkyl halides is 3. The van der Waals surface area contributed by atoms with Gasteiger partial charge in [-0.3, -0.25) is 9.48 Å². The van der Waals surface area contributed by atoms with Crippen molar-refractivity contribution in [2.24, 2.45) is 0 Å². The summed E-state index contributed by atoms with van der Waals surface area (Å²) in [5.74, 6) is -0.403. The number of ether oxygens (including phenoxy) is 1. The summed E-state index contributed by atoms with van der Waals surface area (Å²) in [5.41, 5.74) is 0.228. The fraction of sp³-hybridized carbons (Fsp3) is 0.286. The second kappa shape index (κ2) is 7.49. The maximum Gasteiger partial charge on any atom is 0.422 e. The van der Waals surface area contributed by atoms with Crippen molar-refractivity contribution in [3.8, 4) is 5.75 Å². The maximum atomic E-state index is 12.1. The van der Waals surface area contributed by atoms with Crippen LogP contribution in [0.4, 0.5) is 13.2 Å². The summed E-state index contributed by atoms with van der Waals surface area (Å²) in [6, 6.07) is 5.60. The zero-order valence-corrected chi connectivity index (χ0v) is 13.4. The third-order valence-corrected chi connectivity index (χ3v) is 3.14. The molecule has 0 saturated carbocycles. The van der Waals surface area contributed by atoms with Gasteiger partial charge in [0.1, 0.15) is 5.75 Å². The number of amides is 1. The molecule has 0 bridgehead atoms. The average molecular weight is 392 g/mol. The first kappa shape index (κ1) is 17.3. The Balaban J connectivity index is 1.86. The van der Waals surface area contributed by atoms with E-state index in [1.54, 1.807) is 17.1 Å². The summed E-state index contributed by atoms with van der Waals surface area (Å²) >= 11 is 3.26. The first-order valence-electron chi connectivity index (χ1n) is 6.59. The predicted molar refractivity (Wildman–Crippen MR) is 80.3 cm³/mol. The van der Waals surface area contributed by atoms with Gasteiger partial charge in [0.25, 0.3) is 5.91 Å². The average Bonchev–Trinajstić information content (AvgIpc) is 2.90. The Bertz CT molecular complexity index is 673. The van der Waals surface area contributed by atoms with E-state index in [4.69, 9.17) is 0 Å². The number of carbonyl (C=O) groups excluding carboxylic acids is 1. The molecule has 1 N–H and O–H groups in total. The van der Waals surface area contributed by atoms with Crippen molar-refractivity contribution in [2.75, 3.05) is 13.2 Å². The highest BCUT2D eigenvalue weighted by molar-refractivity contribution is 9.10. The molecule has 0 saturated heterocycles. The van der Waals surface area contributed by atoms with Crippen molar-refractivity contribution in [2.45, 2.75) is 12.7 Å². The number of hydrogen-bond acceptors (Lipinski definition) is 3. The molecular weight excluding hydrogens is 379 g/mol. The van der Waals surface area contributed by atoms with Crippen LogP contribution in [0.2, 0.25) is 0 Å². The molecule has 1 aromatic heterocycles. The third-order valence-electron chi connectivity index (χ3n) is 2.73. The molecule has 2 aromatic rings. The highest BCUT2D eigenvalue weighted by Gasteiger charge is 2.28. The molecule has 1 amide bonds. The minimum atomic E-state index is -4.42. The van der Waals surface area contributed by atoms with Crippen molar-refractivity contribution in [1.29, 1.82) is 0 Å². The first-order chi connectivity index (χ1) is 10.8. The predicted octanol–water partition coefficient (Wildman–Crippen LogP) is 3.02. The summed E-state index contributed by atoms with van der Waals surface area (Å²) in [6.45, 7) is -0.589. The zero-order chi connectivity index (χ0) is 16.9. The molecule has 1 heterocycles. The molecule has 0 aliphatic heterocycles. The quantitative estimate of drug-likeness (QED) is 0.823. The van der Waals surface area contributed by atoms with Crippen molar-refractivity contribution in [1.82, 2.24) is 15.1 Å². The van der Waals surface area contributed by atoms with Crippen LogP contribution < -0.4 is 10.1 Å². The SMILES string of the molecule is O=C(NCCn1cc(Br)cn1)c1cccc(OCC(F)(F)F)c1. The molecule has 0 fully saturated rings. The van der Waals surface area contributed by atoms with E-state index in [1.807, 2.05) is 0 Å². The lowest BCUT2D eigenvalue weighted by molar-refractivity contribution is -0.153. The first-order valence-corrected chi connectivity index (χ1v) is 7.38. The Morgan fingerprint density at radius 2 is 2.17 bits per heavy atom. The van der Waals surface area contributed by atoms with Crippen molar-refractivity contribution in [3.63, 3.8) is 0 Å². The molecule has 0 atom stereocenters. The summed E-state index contributed by atoms with van der Waals surface area (Å²) in [4.78, 5) is 12.0. The number of hydrogen-bond donors (Lipinski definition) is 1. The Morgan fingerprint density at radius 3 is 2.83 bits per heavy atom. The monoisotopic (exact) mass is 391 g/mol. The van der Waals surface area contributed by atoms with E-state index in [9.17, 15) is 18.0 Å². The van der Waals surface area contributed by atoms with Crippen LogP contribution in [-0.2, 0) is 6.54 Å². The lowest BCUT2D eigenvalue weighted by Gasteiger charge is -2.10. The summed E-state index contributed by atoms with van der Waals surface area (Å²) < 4.78 is 43.4. The lowest BCUT2D eigenvalue weighted by atomic mass is 10.2. The minimum Gasteiger partial charge on any atom is -0.484 e. The van der Waals surface area contributed by atoms with E-state index in [1.165, 1.54) is 24.3 Å². The molecule has 0 aliphatic rings. The van der Waals surface area contributed by atoms with Crippen LogP contribution in [0.25, 0.3) is 0 Å². The van der Waals surface area contributed by atoms with Gasteiger partial charge in [0.05, 0.1) is 17.2 Å². The van der Waals surface area contributed by atoms with E-state index >= 15 is 0 Å². The second-order valence-electron chi connectivity index (χ2n) is 4.61. The van der Waals surface area contributed by atoms with Gasteiger partial charge in [-0.1, -0.05) is 6.07 Å². The Hall–Kier alpha value is -2.03. The van der Waals surface area contributed by atoms with Crippen molar-refractivity contribution in [3.05, 3.63) is 46.7 Å². The summed E-state index contributed by atoms with van der Waals surface area (Å²) in [7, 11) is 0. The fourth-order valence-corrected chi connectivity index (χ4v) is 2.07. The van der Waals surface area contributed by atoms with Gasteiger partial charge in [-0.15, -0.1) is 0 Å². The maximum absolute atomic E-state index is 12.1. The van der Waals surface area contributed by atoms with Crippen LogP contribution in [0.5, 0.6) is 5.75 Å². The molecule has 0 aliphatic carbocycles.